The van der Waals surface area contributed by atoms with Gasteiger partial charge in [-0.15, -0.1) is 0 Å². The number of ether oxygens (including phenoxy) is 1. The molecule has 5 heteroatoms. The topological polar surface area (TPSA) is 47.3 Å². The van der Waals surface area contributed by atoms with E-state index in [4.69, 9.17) is 21.4 Å². The molecule has 1 aromatic carbocycles. The number of fused-ring (bicyclic) bond motifs is 1. The lowest BCUT2D eigenvalue weighted by molar-refractivity contribution is 0.139. The summed E-state index contributed by atoms with van der Waals surface area (Å²) in [5, 5.41) is 9.66. The number of benzene rings is 1. The number of imidazole rings is 1. The zero-order valence-corrected chi connectivity index (χ0v) is 11.9. The highest BCUT2D eigenvalue weighted by Gasteiger charge is 2.10. The van der Waals surface area contributed by atoms with Gasteiger partial charge in [-0.25, -0.2) is 4.98 Å². The van der Waals surface area contributed by atoms with E-state index in [2.05, 4.69) is 9.55 Å². The van der Waals surface area contributed by atoms with Crippen LogP contribution < -0.4 is 0 Å². The number of aryl methyl sites for hydroxylation is 1. The summed E-state index contributed by atoms with van der Waals surface area (Å²) in [5.41, 5.74) is 1.97. The molecule has 1 heterocycles. The van der Waals surface area contributed by atoms with Gasteiger partial charge in [0.2, 0.25) is 0 Å². The van der Waals surface area contributed by atoms with Crippen LogP contribution >= 0.6 is 11.6 Å². The van der Waals surface area contributed by atoms with Gasteiger partial charge >= 0.3 is 0 Å². The van der Waals surface area contributed by atoms with Gasteiger partial charge in [-0.1, -0.05) is 11.6 Å². The number of halogens is 1. The Morgan fingerprint density at radius 2 is 2.26 bits per heavy atom. The summed E-state index contributed by atoms with van der Waals surface area (Å²) in [6, 6.07) is 5.73. The van der Waals surface area contributed by atoms with Crippen molar-refractivity contribution in [2.45, 2.75) is 26.3 Å². The Labute approximate surface area is 118 Å². The average Bonchev–Trinajstić information content (AvgIpc) is 2.74. The minimum atomic E-state index is 0.176. The average molecular weight is 283 g/mol. The zero-order chi connectivity index (χ0) is 13.7. The first kappa shape index (κ1) is 14.3. The third-order valence-corrected chi connectivity index (χ3v) is 3.25. The standard InChI is InChI=1S/C14H19ClN2O2/c1-2-19-9-7-17-13-6-5-11(15)10-12(13)16-14(17)4-3-8-18/h5-6,10,18H,2-4,7-9H2,1H3. The minimum absolute atomic E-state index is 0.176. The Bertz CT molecular complexity index is 539. The SMILES string of the molecule is CCOCCn1c(CCCO)nc2cc(Cl)ccc21. The Balaban J connectivity index is 2.31. The van der Waals surface area contributed by atoms with E-state index in [1.807, 2.05) is 25.1 Å². The van der Waals surface area contributed by atoms with Crippen LogP contribution in [0.5, 0.6) is 0 Å². The summed E-state index contributed by atoms with van der Waals surface area (Å²) < 4.78 is 7.56. The number of hydrogen-bond acceptors (Lipinski definition) is 3. The fourth-order valence-corrected chi connectivity index (χ4v) is 2.30. The molecule has 0 radical (unpaired) electrons. The molecule has 0 fully saturated rings. The highest BCUT2D eigenvalue weighted by atomic mass is 35.5. The highest BCUT2D eigenvalue weighted by molar-refractivity contribution is 6.31. The van der Waals surface area contributed by atoms with Crippen molar-refractivity contribution in [1.29, 1.82) is 0 Å². The predicted molar refractivity (Wildman–Crippen MR) is 76.6 cm³/mol. The van der Waals surface area contributed by atoms with Crippen LogP contribution in [0.2, 0.25) is 5.02 Å². The van der Waals surface area contributed by atoms with E-state index in [0.717, 1.165) is 29.8 Å². The molecule has 0 saturated carbocycles. The normalized spacial score (nSPS) is 11.3. The summed E-state index contributed by atoms with van der Waals surface area (Å²) in [5.74, 6) is 0.978. The van der Waals surface area contributed by atoms with Crippen molar-refractivity contribution in [2.24, 2.45) is 0 Å². The third-order valence-electron chi connectivity index (χ3n) is 3.01. The van der Waals surface area contributed by atoms with Crippen LogP contribution in [-0.4, -0.2) is 34.5 Å². The van der Waals surface area contributed by atoms with Crippen LogP contribution in [0.3, 0.4) is 0 Å². The molecule has 104 valence electrons. The van der Waals surface area contributed by atoms with Crippen LogP contribution in [0.4, 0.5) is 0 Å². The second-order valence-electron chi connectivity index (χ2n) is 4.34. The second kappa shape index (κ2) is 6.89. The van der Waals surface area contributed by atoms with Gasteiger partial charge in [0.1, 0.15) is 5.82 Å². The lowest BCUT2D eigenvalue weighted by Gasteiger charge is -2.08. The summed E-state index contributed by atoms with van der Waals surface area (Å²) in [7, 11) is 0. The van der Waals surface area contributed by atoms with Gasteiger partial charge in [-0.05, 0) is 31.5 Å². The first-order valence-electron chi connectivity index (χ1n) is 6.59. The van der Waals surface area contributed by atoms with Crippen molar-refractivity contribution in [2.75, 3.05) is 19.8 Å². The maximum atomic E-state index is 8.97. The molecule has 0 spiro atoms. The van der Waals surface area contributed by atoms with E-state index < -0.39 is 0 Å². The Morgan fingerprint density at radius 1 is 1.42 bits per heavy atom. The second-order valence-corrected chi connectivity index (χ2v) is 4.77. The van der Waals surface area contributed by atoms with Gasteiger partial charge in [-0.2, -0.15) is 0 Å². The van der Waals surface area contributed by atoms with E-state index in [1.165, 1.54) is 0 Å². The first-order valence-corrected chi connectivity index (χ1v) is 6.97. The number of rotatable bonds is 7. The van der Waals surface area contributed by atoms with Crippen molar-refractivity contribution < 1.29 is 9.84 Å². The fraction of sp³-hybridized carbons (Fsp3) is 0.500. The van der Waals surface area contributed by atoms with Crippen molar-refractivity contribution in [3.05, 3.63) is 29.0 Å². The maximum absolute atomic E-state index is 8.97. The van der Waals surface area contributed by atoms with E-state index in [-0.39, 0.29) is 6.61 Å². The van der Waals surface area contributed by atoms with Crippen molar-refractivity contribution in [3.63, 3.8) is 0 Å². The monoisotopic (exact) mass is 282 g/mol. The largest absolute Gasteiger partial charge is 0.396 e. The molecule has 2 aromatic rings. The summed E-state index contributed by atoms with van der Waals surface area (Å²) in [4.78, 5) is 4.60. The molecular weight excluding hydrogens is 264 g/mol. The van der Waals surface area contributed by atoms with Crippen LogP contribution in [0.15, 0.2) is 18.2 Å². The molecule has 4 nitrogen and oxygen atoms in total. The Morgan fingerprint density at radius 3 is 3.00 bits per heavy atom. The molecule has 0 unspecified atom stereocenters. The molecule has 0 amide bonds. The summed E-state index contributed by atoms with van der Waals surface area (Å²) in [6.45, 7) is 4.31. The van der Waals surface area contributed by atoms with Crippen LogP contribution in [0.1, 0.15) is 19.2 Å². The van der Waals surface area contributed by atoms with Crippen molar-refractivity contribution >= 4 is 22.6 Å². The smallest absolute Gasteiger partial charge is 0.110 e. The molecular formula is C14H19ClN2O2. The third kappa shape index (κ3) is 3.47. The minimum Gasteiger partial charge on any atom is -0.396 e. The molecule has 1 N–H and O–H groups in total. The van der Waals surface area contributed by atoms with Crippen molar-refractivity contribution in [3.8, 4) is 0 Å². The van der Waals surface area contributed by atoms with E-state index >= 15 is 0 Å². The van der Waals surface area contributed by atoms with Gasteiger partial charge in [0.25, 0.3) is 0 Å². The number of nitrogens with zero attached hydrogens (tertiary/aromatic N) is 2. The van der Waals surface area contributed by atoms with Gasteiger partial charge in [0, 0.05) is 31.2 Å². The molecule has 0 aliphatic heterocycles. The van der Waals surface area contributed by atoms with Crippen LogP contribution in [0, 0.1) is 0 Å². The summed E-state index contributed by atoms with van der Waals surface area (Å²) in [6.07, 6.45) is 1.47. The Hall–Kier alpha value is -1.10. The molecule has 0 aliphatic rings. The zero-order valence-electron chi connectivity index (χ0n) is 11.1. The molecule has 0 atom stereocenters. The maximum Gasteiger partial charge on any atom is 0.110 e. The van der Waals surface area contributed by atoms with Gasteiger partial charge in [0.15, 0.2) is 0 Å². The van der Waals surface area contributed by atoms with Crippen molar-refractivity contribution in [1.82, 2.24) is 9.55 Å². The van der Waals surface area contributed by atoms with Crippen LogP contribution in [0.25, 0.3) is 11.0 Å². The Kier molecular flexibility index (Phi) is 5.19. The summed E-state index contributed by atoms with van der Waals surface area (Å²) >= 11 is 6.00. The molecule has 0 bridgehead atoms. The van der Waals surface area contributed by atoms with Gasteiger partial charge in [0.05, 0.1) is 17.6 Å². The quantitative estimate of drug-likeness (QED) is 0.794. The number of aliphatic hydroxyl groups excluding tert-OH is 1. The lowest BCUT2D eigenvalue weighted by Crippen LogP contribution is -2.10. The molecule has 19 heavy (non-hydrogen) atoms. The number of aliphatic hydroxyl groups is 1. The van der Waals surface area contributed by atoms with Crippen LogP contribution in [-0.2, 0) is 17.7 Å². The fourth-order valence-electron chi connectivity index (χ4n) is 2.13. The van der Waals surface area contributed by atoms with E-state index in [0.29, 0.717) is 24.7 Å². The molecule has 2 rings (SSSR count). The van der Waals surface area contributed by atoms with E-state index in [1.54, 1.807) is 0 Å². The van der Waals surface area contributed by atoms with E-state index in [9.17, 15) is 0 Å². The number of aromatic nitrogens is 2. The predicted octanol–water partition coefficient (Wildman–Crippen LogP) is 2.65. The molecule has 0 saturated heterocycles. The number of hydrogen-bond donors (Lipinski definition) is 1. The molecule has 0 aliphatic carbocycles. The lowest BCUT2D eigenvalue weighted by atomic mass is 10.3. The highest BCUT2D eigenvalue weighted by Crippen LogP contribution is 2.21. The molecule has 1 aromatic heterocycles. The first-order chi connectivity index (χ1) is 9.26. The van der Waals surface area contributed by atoms with Gasteiger partial charge < -0.3 is 14.4 Å². The van der Waals surface area contributed by atoms with Gasteiger partial charge in [-0.3, -0.25) is 0 Å².